The van der Waals surface area contributed by atoms with Crippen molar-refractivity contribution in [1.29, 1.82) is 0 Å². The molecule has 0 radical (unpaired) electrons. The molecule has 1 unspecified atom stereocenters. The van der Waals surface area contributed by atoms with Gasteiger partial charge in [0.1, 0.15) is 0 Å². The SMILES string of the molecule is C=CCC(C)Nc1ccc([N+](=O)[O-])cc1Cl. The van der Waals surface area contributed by atoms with E-state index in [1.807, 2.05) is 6.92 Å². The standard InChI is InChI=1S/C11H13ClN2O2/c1-3-4-8(2)13-11-6-5-9(14(15)16)7-10(11)12/h3,5-8,13H,1,4H2,2H3. The van der Waals surface area contributed by atoms with Gasteiger partial charge in [0.2, 0.25) is 0 Å². The van der Waals surface area contributed by atoms with Crippen LogP contribution >= 0.6 is 11.6 Å². The lowest BCUT2D eigenvalue weighted by Gasteiger charge is -2.14. The number of nitrogens with zero attached hydrogens (tertiary/aromatic N) is 1. The van der Waals surface area contributed by atoms with Gasteiger partial charge < -0.3 is 5.32 Å². The van der Waals surface area contributed by atoms with E-state index >= 15 is 0 Å². The lowest BCUT2D eigenvalue weighted by atomic mass is 10.2. The molecule has 1 atom stereocenters. The van der Waals surface area contributed by atoms with Crippen molar-refractivity contribution in [3.05, 3.63) is 46.0 Å². The molecule has 0 bridgehead atoms. The summed E-state index contributed by atoms with van der Waals surface area (Å²) in [6.07, 6.45) is 2.60. The molecule has 0 fully saturated rings. The molecule has 0 aliphatic rings. The Labute approximate surface area is 99.1 Å². The molecule has 4 nitrogen and oxygen atoms in total. The fraction of sp³-hybridized carbons (Fsp3) is 0.273. The summed E-state index contributed by atoms with van der Waals surface area (Å²) in [7, 11) is 0. The van der Waals surface area contributed by atoms with E-state index in [1.165, 1.54) is 12.1 Å². The van der Waals surface area contributed by atoms with E-state index in [4.69, 9.17) is 11.6 Å². The number of nitrogens with one attached hydrogen (secondary N) is 1. The molecule has 86 valence electrons. The average Bonchev–Trinajstić information content (AvgIpc) is 2.21. The van der Waals surface area contributed by atoms with Crippen molar-refractivity contribution in [2.75, 3.05) is 5.32 Å². The van der Waals surface area contributed by atoms with Gasteiger partial charge in [-0.05, 0) is 19.4 Å². The van der Waals surface area contributed by atoms with Gasteiger partial charge in [-0.3, -0.25) is 10.1 Å². The summed E-state index contributed by atoms with van der Waals surface area (Å²) in [6, 6.07) is 4.57. The minimum Gasteiger partial charge on any atom is -0.381 e. The second-order valence-electron chi connectivity index (χ2n) is 3.49. The first-order chi connectivity index (χ1) is 7.54. The van der Waals surface area contributed by atoms with E-state index < -0.39 is 4.92 Å². The molecule has 0 heterocycles. The fourth-order valence-corrected chi connectivity index (χ4v) is 1.54. The average molecular weight is 241 g/mol. The van der Waals surface area contributed by atoms with Gasteiger partial charge in [0.05, 0.1) is 15.6 Å². The highest BCUT2D eigenvalue weighted by atomic mass is 35.5. The quantitative estimate of drug-likeness (QED) is 0.486. The molecule has 0 spiro atoms. The van der Waals surface area contributed by atoms with Crippen LogP contribution in [0.2, 0.25) is 5.02 Å². The van der Waals surface area contributed by atoms with E-state index in [-0.39, 0.29) is 11.7 Å². The molecular weight excluding hydrogens is 228 g/mol. The third-order valence-electron chi connectivity index (χ3n) is 2.09. The summed E-state index contributed by atoms with van der Waals surface area (Å²) in [4.78, 5) is 10.0. The summed E-state index contributed by atoms with van der Waals surface area (Å²) in [5.41, 5.74) is 0.688. The highest BCUT2D eigenvalue weighted by Crippen LogP contribution is 2.27. The zero-order chi connectivity index (χ0) is 12.1. The Kier molecular flexibility index (Phi) is 4.31. The maximum absolute atomic E-state index is 10.5. The number of hydrogen-bond acceptors (Lipinski definition) is 3. The molecule has 5 heteroatoms. The number of nitro groups is 1. The molecule has 0 aromatic heterocycles. The Balaban J connectivity index is 2.82. The van der Waals surface area contributed by atoms with Crippen LogP contribution in [0.4, 0.5) is 11.4 Å². The summed E-state index contributed by atoms with van der Waals surface area (Å²) in [5.74, 6) is 0. The molecule has 1 aromatic rings. The molecule has 1 aromatic carbocycles. The van der Waals surface area contributed by atoms with E-state index in [0.717, 1.165) is 6.42 Å². The second kappa shape index (κ2) is 5.51. The molecule has 0 saturated heterocycles. The zero-order valence-electron chi connectivity index (χ0n) is 8.94. The third-order valence-corrected chi connectivity index (χ3v) is 2.40. The molecule has 0 saturated carbocycles. The monoisotopic (exact) mass is 240 g/mol. The van der Waals surface area contributed by atoms with Gasteiger partial charge in [-0.1, -0.05) is 17.7 Å². The van der Waals surface area contributed by atoms with Crippen LogP contribution in [0.5, 0.6) is 0 Å². The van der Waals surface area contributed by atoms with Crippen molar-refractivity contribution in [3.8, 4) is 0 Å². The summed E-state index contributed by atoms with van der Waals surface area (Å²) in [6.45, 7) is 5.63. The largest absolute Gasteiger partial charge is 0.381 e. The molecule has 16 heavy (non-hydrogen) atoms. The number of non-ortho nitro benzene ring substituents is 1. The van der Waals surface area contributed by atoms with Crippen molar-refractivity contribution in [1.82, 2.24) is 0 Å². The Hall–Kier alpha value is -1.55. The van der Waals surface area contributed by atoms with Gasteiger partial charge in [0.25, 0.3) is 5.69 Å². The topological polar surface area (TPSA) is 55.2 Å². The summed E-state index contributed by atoms with van der Waals surface area (Å²) in [5, 5.41) is 14.0. The molecule has 0 aliphatic carbocycles. The van der Waals surface area contributed by atoms with Crippen LogP contribution in [-0.2, 0) is 0 Å². The van der Waals surface area contributed by atoms with Crippen LogP contribution in [-0.4, -0.2) is 11.0 Å². The molecule has 0 aliphatic heterocycles. The first-order valence-corrected chi connectivity index (χ1v) is 5.23. The number of anilines is 1. The normalized spacial score (nSPS) is 11.9. The van der Waals surface area contributed by atoms with Crippen molar-refractivity contribution >= 4 is 23.0 Å². The van der Waals surface area contributed by atoms with E-state index in [9.17, 15) is 10.1 Å². The summed E-state index contributed by atoms with van der Waals surface area (Å²) >= 11 is 5.92. The van der Waals surface area contributed by atoms with E-state index in [2.05, 4.69) is 11.9 Å². The number of rotatable bonds is 5. The number of hydrogen-bond donors (Lipinski definition) is 1. The molecule has 1 rings (SSSR count). The number of nitro benzene ring substituents is 1. The first kappa shape index (κ1) is 12.5. The van der Waals surface area contributed by atoms with Crippen LogP contribution in [0.1, 0.15) is 13.3 Å². The maximum atomic E-state index is 10.5. The van der Waals surface area contributed by atoms with Crippen LogP contribution < -0.4 is 5.32 Å². The number of benzene rings is 1. The van der Waals surface area contributed by atoms with Gasteiger partial charge in [-0.25, -0.2) is 0 Å². The van der Waals surface area contributed by atoms with Gasteiger partial charge in [0.15, 0.2) is 0 Å². The maximum Gasteiger partial charge on any atom is 0.271 e. The number of halogens is 1. The van der Waals surface area contributed by atoms with Crippen LogP contribution in [0.25, 0.3) is 0 Å². The zero-order valence-corrected chi connectivity index (χ0v) is 9.70. The Morgan fingerprint density at radius 3 is 2.88 bits per heavy atom. The summed E-state index contributed by atoms with van der Waals surface area (Å²) < 4.78 is 0. The Morgan fingerprint density at radius 1 is 1.69 bits per heavy atom. The van der Waals surface area contributed by atoms with Crippen LogP contribution in [0, 0.1) is 10.1 Å². The van der Waals surface area contributed by atoms with Crippen molar-refractivity contribution < 1.29 is 4.92 Å². The first-order valence-electron chi connectivity index (χ1n) is 4.86. The smallest absolute Gasteiger partial charge is 0.271 e. The highest BCUT2D eigenvalue weighted by molar-refractivity contribution is 6.33. The minimum atomic E-state index is -0.469. The van der Waals surface area contributed by atoms with Gasteiger partial charge >= 0.3 is 0 Å². The Morgan fingerprint density at radius 2 is 2.38 bits per heavy atom. The highest BCUT2D eigenvalue weighted by Gasteiger charge is 2.10. The molecular formula is C11H13ClN2O2. The van der Waals surface area contributed by atoms with Crippen molar-refractivity contribution in [2.24, 2.45) is 0 Å². The predicted molar refractivity (Wildman–Crippen MR) is 66.0 cm³/mol. The van der Waals surface area contributed by atoms with Gasteiger partial charge in [0, 0.05) is 18.2 Å². The van der Waals surface area contributed by atoms with Crippen molar-refractivity contribution in [2.45, 2.75) is 19.4 Å². The van der Waals surface area contributed by atoms with Crippen LogP contribution in [0.3, 0.4) is 0 Å². The second-order valence-corrected chi connectivity index (χ2v) is 3.90. The van der Waals surface area contributed by atoms with Crippen molar-refractivity contribution in [3.63, 3.8) is 0 Å². The van der Waals surface area contributed by atoms with Crippen LogP contribution in [0.15, 0.2) is 30.9 Å². The minimum absolute atomic E-state index is 0.00748. The lowest BCUT2D eigenvalue weighted by Crippen LogP contribution is -2.14. The fourth-order valence-electron chi connectivity index (χ4n) is 1.31. The lowest BCUT2D eigenvalue weighted by molar-refractivity contribution is -0.384. The molecule has 0 amide bonds. The van der Waals surface area contributed by atoms with Gasteiger partial charge in [-0.2, -0.15) is 0 Å². The Bertz CT molecular complexity index is 407. The van der Waals surface area contributed by atoms with E-state index in [1.54, 1.807) is 12.1 Å². The molecule has 1 N–H and O–H groups in total. The van der Waals surface area contributed by atoms with Gasteiger partial charge in [-0.15, -0.1) is 6.58 Å². The van der Waals surface area contributed by atoms with E-state index in [0.29, 0.717) is 10.7 Å². The predicted octanol–water partition coefficient (Wildman–Crippen LogP) is 3.62. The third kappa shape index (κ3) is 3.24.